The van der Waals surface area contributed by atoms with Gasteiger partial charge in [0.15, 0.2) is 0 Å². The second-order valence-corrected chi connectivity index (χ2v) is 8.83. The van der Waals surface area contributed by atoms with Crippen molar-refractivity contribution in [2.24, 2.45) is 0 Å². The molecule has 0 radical (unpaired) electrons. The molecule has 0 fully saturated rings. The van der Waals surface area contributed by atoms with Crippen molar-refractivity contribution in [1.29, 1.82) is 0 Å². The predicted molar refractivity (Wildman–Crippen MR) is 143 cm³/mol. The maximum absolute atomic E-state index is 9.87. The van der Waals surface area contributed by atoms with E-state index in [-0.39, 0.29) is 0 Å². The average Bonchev–Trinajstić information content (AvgIpc) is 3.44. The molecule has 0 saturated heterocycles. The molecular weight excluding hydrogens is 433 g/mol. The van der Waals surface area contributed by atoms with Crippen LogP contribution in [0.1, 0.15) is 0 Å². The maximum atomic E-state index is 9.87. The van der Waals surface area contributed by atoms with Crippen LogP contribution in [0.4, 0.5) is 0 Å². The molecule has 7 rings (SSSR count). The quantitative estimate of drug-likeness (QED) is 0.321. The standard InChI is InChI=1S/C30H20BNO3/c33-31(34)21-12-16-26-25(18-21)29-27(17-15-24-23-8-4-5-9-28(23)35-30(24)29)32(26)22-13-10-20(11-14-22)19-6-2-1-3-7-19/h1-18,33-34H. The number of benzene rings is 5. The Hall–Kier alpha value is -4.32. The van der Waals surface area contributed by atoms with E-state index < -0.39 is 7.12 Å². The summed E-state index contributed by atoms with van der Waals surface area (Å²) < 4.78 is 8.57. The molecule has 2 heterocycles. The lowest BCUT2D eigenvalue weighted by Crippen LogP contribution is -2.29. The number of hydrogen-bond acceptors (Lipinski definition) is 3. The molecule has 35 heavy (non-hydrogen) atoms. The Bertz CT molecular complexity index is 1870. The summed E-state index contributed by atoms with van der Waals surface area (Å²) in [6.07, 6.45) is 0. The van der Waals surface area contributed by atoms with Crippen molar-refractivity contribution in [3.05, 3.63) is 109 Å². The lowest BCUT2D eigenvalue weighted by molar-refractivity contribution is 0.426. The SMILES string of the molecule is OB(O)c1ccc2c(c1)c1c3oc4ccccc4c3ccc1n2-c1ccc(-c2ccccc2)cc1. The summed E-state index contributed by atoms with van der Waals surface area (Å²) in [5.74, 6) is 0. The first-order chi connectivity index (χ1) is 17.2. The molecule has 5 heteroatoms. The van der Waals surface area contributed by atoms with E-state index in [1.165, 1.54) is 5.56 Å². The van der Waals surface area contributed by atoms with Gasteiger partial charge in [-0.15, -0.1) is 0 Å². The van der Waals surface area contributed by atoms with E-state index in [2.05, 4.69) is 59.2 Å². The Kier molecular flexibility index (Phi) is 4.36. The van der Waals surface area contributed by atoms with Crippen LogP contribution in [0.25, 0.3) is 60.6 Å². The molecule has 2 aromatic heterocycles. The Balaban J connectivity index is 1.55. The fourth-order valence-corrected chi connectivity index (χ4v) is 5.18. The van der Waals surface area contributed by atoms with Crippen LogP contribution in [0.15, 0.2) is 114 Å². The monoisotopic (exact) mass is 453 g/mol. The van der Waals surface area contributed by atoms with E-state index in [1.807, 2.05) is 48.5 Å². The number of para-hydroxylation sites is 1. The first kappa shape index (κ1) is 20.1. The van der Waals surface area contributed by atoms with Crippen molar-refractivity contribution < 1.29 is 14.5 Å². The van der Waals surface area contributed by atoms with E-state index in [4.69, 9.17) is 4.42 Å². The summed E-state index contributed by atoms with van der Waals surface area (Å²) in [5.41, 5.74) is 7.42. The second-order valence-electron chi connectivity index (χ2n) is 8.83. The van der Waals surface area contributed by atoms with Crippen molar-refractivity contribution >= 4 is 56.3 Å². The smallest absolute Gasteiger partial charge is 0.455 e. The van der Waals surface area contributed by atoms with Gasteiger partial charge in [0.25, 0.3) is 0 Å². The van der Waals surface area contributed by atoms with E-state index >= 15 is 0 Å². The summed E-state index contributed by atoms with van der Waals surface area (Å²) in [7, 11) is -1.54. The van der Waals surface area contributed by atoms with Gasteiger partial charge >= 0.3 is 7.12 Å². The summed E-state index contributed by atoms with van der Waals surface area (Å²) in [5, 5.41) is 23.7. The number of hydrogen-bond donors (Lipinski definition) is 2. The molecule has 0 bridgehead atoms. The number of fused-ring (bicyclic) bond motifs is 7. The highest BCUT2D eigenvalue weighted by atomic mass is 16.4. The van der Waals surface area contributed by atoms with Crippen molar-refractivity contribution in [2.45, 2.75) is 0 Å². The lowest BCUT2D eigenvalue weighted by atomic mass is 9.80. The van der Waals surface area contributed by atoms with Crippen LogP contribution in [0.3, 0.4) is 0 Å². The first-order valence-corrected chi connectivity index (χ1v) is 11.6. The van der Waals surface area contributed by atoms with E-state index in [9.17, 15) is 10.0 Å². The van der Waals surface area contributed by atoms with Crippen LogP contribution in [0.5, 0.6) is 0 Å². The number of rotatable bonds is 3. The van der Waals surface area contributed by atoms with E-state index in [0.717, 1.165) is 55.0 Å². The molecule has 0 aliphatic carbocycles. The van der Waals surface area contributed by atoms with Crippen molar-refractivity contribution in [3.8, 4) is 16.8 Å². The third-order valence-electron chi connectivity index (χ3n) is 6.83. The topological polar surface area (TPSA) is 58.5 Å². The van der Waals surface area contributed by atoms with Gasteiger partial charge in [-0.1, -0.05) is 72.8 Å². The van der Waals surface area contributed by atoms with Crippen molar-refractivity contribution in [2.75, 3.05) is 0 Å². The number of aromatic nitrogens is 1. The lowest BCUT2D eigenvalue weighted by Gasteiger charge is -2.10. The van der Waals surface area contributed by atoms with Gasteiger partial charge in [-0.25, -0.2) is 0 Å². The molecular formula is C30H20BNO3. The molecule has 0 aliphatic heterocycles. The van der Waals surface area contributed by atoms with Crippen LogP contribution >= 0.6 is 0 Å². The maximum Gasteiger partial charge on any atom is 0.488 e. The fourth-order valence-electron chi connectivity index (χ4n) is 5.18. The Labute approximate surface area is 201 Å². The predicted octanol–water partition coefficient (Wildman–Crippen LogP) is 6.03. The van der Waals surface area contributed by atoms with Crippen LogP contribution in [0, 0.1) is 0 Å². The van der Waals surface area contributed by atoms with Gasteiger partial charge in [-0.2, -0.15) is 0 Å². The number of nitrogens with zero attached hydrogens (tertiary/aromatic N) is 1. The third kappa shape index (κ3) is 3.03. The minimum Gasteiger partial charge on any atom is -0.455 e. The largest absolute Gasteiger partial charge is 0.488 e. The van der Waals surface area contributed by atoms with Crippen molar-refractivity contribution in [1.82, 2.24) is 4.57 Å². The van der Waals surface area contributed by atoms with Gasteiger partial charge in [-0.3, -0.25) is 0 Å². The highest BCUT2D eigenvalue weighted by molar-refractivity contribution is 6.59. The zero-order chi connectivity index (χ0) is 23.5. The molecule has 0 atom stereocenters. The van der Waals surface area contributed by atoms with Crippen LogP contribution in [-0.2, 0) is 0 Å². The summed E-state index contributed by atoms with van der Waals surface area (Å²) in [6.45, 7) is 0. The van der Waals surface area contributed by atoms with E-state index in [1.54, 1.807) is 6.07 Å². The van der Waals surface area contributed by atoms with Crippen LogP contribution < -0.4 is 5.46 Å². The van der Waals surface area contributed by atoms with Gasteiger partial charge in [0, 0.05) is 21.8 Å². The molecule has 166 valence electrons. The third-order valence-corrected chi connectivity index (χ3v) is 6.83. The van der Waals surface area contributed by atoms with Crippen LogP contribution in [0.2, 0.25) is 0 Å². The average molecular weight is 453 g/mol. The Morgan fingerprint density at radius 1 is 0.600 bits per heavy atom. The molecule has 0 saturated carbocycles. The van der Waals surface area contributed by atoms with Crippen LogP contribution in [-0.4, -0.2) is 21.7 Å². The van der Waals surface area contributed by atoms with Gasteiger partial charge < -0.3 is 19.0 Å². The summed E-state index contributed by atoms with van der Waals surface area (Å²) >= 11 is 0. The molecule has 0 amide bonds. The van der Waals surface area contributed by atoms with Gasteiger partial charge in [0.1, 0.15) is 11.2 Å². The normalized spacial score (nSPS) is 11.7. The van der Waals surface area contributed by atoms with E-state index in [0.29, 0.717) is 5.46 Å². The minimum absolute atomic E-state index is 0.448. The molecule has 0 spiro atoms. The Morgan fingerprint density at radius 2 is 1.31 bits per heavy atom. The summed E-state index contributed by atoms with van der Waals surface area (Å²) in [6, 6.07) is 36.7. The summed E-state index contributed by atoms with van der Waals surface area (Å²) in [4.78, 5) is 0. The minimum atomic E-state index is -1.54. The Morgan fingerprint density at radius 3 is 2.11 bits per heavy atom. The van der Waals surface area contributed by atoms with Gasteiger partial charge in [0.2, 0.25) is 0 Å². The zero-order valence-corrected chi connectivity index (χ0v) is 18.7. The van der Waals surface area contributed by atoms with Gasteiger partial charge in [0.05, 0.1) is 16.4 Å². The van der Waals surface area contributed by atoms with Gasteiger partial charge in [-0.05, 0) is 53.0 Å². The highest BCUT2D eigenvalue weighted by Crippen LogP contribution is 2.40. The number of furan rings is 1. The molecule has 4 nitrogen and oxygen atoms in total. The van der Waals surface area contributed by atoms with Crippen molar-refractivity contribution in [3.63, 3.8) is 0 Å². The second kappa shape index (κ2) is 7.60. The zero-order valence-electron chi connectivity index (χ0n) is 18.7. The molecule has 0 unspecified atom stereocenters. The fraction of sp³-hybridized carbons (Fsp3) is 0. The molecule has 2 N–H and O–H groups in total. The first-order valence-electron chi connectivity index (χ1n) is 11.6. The molecule has 0 aliphatic rings. The molecule has 7 aromatic rings. The highest BCUT2D eigenvalue weighted by Gasteiger charge is 2.21. The molecule has 5 aromatic carbocycles.